The Balaban J connectivity index is 3.34. The van der Waals surface area contributed by atoms with Crippen molar-refractivity contribution in [1.29, 1.82) is 0 Å². The van der Waals surface area contributed by atoms with Gasteiger partial charge in [0.25, 0.3) is 0 Å². The van der Waals surface area contributed by atoms with Crippen LogP contribution in [0.3, 0.4) is 0 Å². The Morgan fingerprint density at radius 3 is 2.27 bits per heavy atom. The first kappa shape index (κ1) is 14.4. The maximum atomic E-state index is 10.7. The van der Waals surface area contributed by atoms with Crippen LogP contribution in [0.5, 0.6) is 0 Å². The molecule has 4 N–H and O–H groups in total. The first-order valence-corrected chi connectivity index (χ1v) is 6.19. The van der Waals surface area contributed by atoms with Crippen LogP contribution in [0.25, 0.3) is 0 Å². The van der Waals surface area contributed by atoms with Crippen LogP contribution in [0.2, 0.25) is 0 Å². The van der Waals surface area contributed by atoms with Gasteiger partial charge in [-0.1, -0.05) is 45.4 Å². The zero-order valence-electron chi connectivity index (χ0n) is 10.0. The van der Waals surface area contributed by atoms with E-state index < -0.39 is 0 Å². The van der Waals surface area contributed by atoms with Crippen molar-refractivity contribution in [3.8, 4) is 0 Å². The summed E-state index contributed by atoms with van der Waals surface area (Å²) in [6.07, 6.45) is 9.20. The van der Waals surface area contributed by atoms with E-state index in [4.69, 9.17) is 11.5 Å². The monoisotopic (exact) mass is 214 g/mol. The minimum Gasteiger partial charge on any atom is -0.370 e. The highest BCUT2D eigenvalue weighted by Gasteiger charge is 2.09. The van der Waals surface area contributed by atoms with Crippen LogP contribution >= 0.6 is 0 Å². The summed E-state index contributed by atoms with van der Waals surface area (Å²) in [6.45, 7) is 2.80. The lowest BCUT2D eigenvalue weighted by Gasteiger charge is -2.11. The zero-order chi connectivity index (χ0) is 11.5. The summed E-state index contributed by atoms with van der Waals surface area (Å²) in [6, 6.07) is 0. The van der Waals surface area contributed by atoms with Crippen LogP contribution in [-0.4, -0.2) is 12.5 Å². The van der Waals surface area contributed by atoms with Crippen molar-refractivity contribution in [2.24, 2.45) is 17.4 Å². The van der Waals surface area contributed by atoms with E-state index in [2.05, 4.69) is 6.92 Å². The van der Waals surface area contributed by atoms with Crippen LogP contribution in [0.4, 0.5) is 0 Å². The van der Waals surface area contributed by atoms with Gasteiger partial charge < -0.3 is 11.5 Å². The smallest absolute Gasteiger partial charge is 0.217 e. The molecule has 0 heterocycles. The van der Waals surface area contributed by atoms with Gasteiger partial charge in [0.1, 0.15) is 0 Å². The predicted octanol–water partition coefficient (Wildman–Crippen LogP) is 2.19. The van der Waals surface area contributed by atoms with Crippen molar-refractivity contribution in [3.63, 3.8) is 0 Å². The van der Waals surface area contributed by atoms with Gasteiger partial charge in [0.15, 0.2) is 0 Å². The van der Waals surface area contributed by atoms with E-state index in [1.807, 2.05) is 0 Å². The van der Waals surface area contributed by atoms with E-state index in [0.29, 0.717) is 18.9 Å². The summed E-state index contributed by atoms with van der Waals surface area (Å²) < 4.78 is 0. The van der Waals surface area contributed by atoms with Gasteiger partial charge in [-0.25, -0.2) is 0 Å². The minimum absolute atomic E-state index is 0.226. The number of amides is 1. The Morgan fingerprint density at radius 1 is 1.13 bits per heavy atom. The fourth-order valence-corrected chi connectivity index (χ4v) is 1.80. The molecule has 0 aliphatic rings. The Kier molecular flexibility index (Phi) is 9.59. The highest BCUT2D eigenvalue weighted by Crippen LogP contribution is 2.13. The summed E-state index contributed by atoms with van der Waals surface area (Å²) in [7, 11) is 0. The highest BCUT2D eigenvalue weighted by atomic mass is 16.1. The average molecular weight is 214 g/mol. The van der Waals surface area contributed by atoms with E-state index in [1.165, 1.54) is 38.5 Å². The Bertz CT molecular complexity index is 160. The number of hydrogen-bond acceptors (Lipinski definition) is 2. The molecule has 0 fully saturated rings. The number of hydrogen-bond donors (Lipinski definition) is 2. The third kappa shape index (κ3) is 9.73. The summed E-state index contributed by atoms with van der Waals surface area (Å²) in [5, 5.41) is 0. The molecule has 1 unspecified atom stereocenters. The van der Waals surface area contributed by atoms with E-state index >= 15 is 0 Å². The molecule has 0 spiro atoms. The van der Waals surface area contributed by atoms with Crippen LogP contribution in [0, 0.1) is 5.92 Å². The molecule has 0 radical (unpaired) electrons. The summed E-state index contributed by atoms with van der Waals surface area (Å²) in [5.41, 5.74) is 10.7. The zero-order valence-corrected chi connectivity index (χ0v) is 10.0. The lowest BCUT2D eigenvalue weighted by atomic mass is 9.97. The third-order valence-corrected chi connectivity index (χ3v) is 2.79. The SMILES string of the molecule is CCCCCCCCC(CN)CC(N)=O. The van der Waals surface area contributed by atoms with Gasteiger partial charge in [-0.2, -0.15) is 0 Å². The summed E-state index contributed by atoms with van der Waals surface area (Å²) in [5.74, 6) is 0.0742. The first-order chi connectivity index (χ1) is 7.20. The van der Waals surface area contributed by atoms with Crippen LogP contribution in [-0.2, 0) is 4.79 Å². The molecule has 0 bridgehead atoms. The van der Waals surface area contributed by atoms with Crippen molar-refractivity contribution in [3.05, 3.63) is 0 Å². The van der Waals surface area contributed by atoms with Gasteiger partial charge in [-0.05, 0) is 18.9 Å². The number of carbonyl (C=O) groups excluding carboxylic acids is 1. The number of primary amides is 1. The third-order valence-electron chi connectivity index (χ3n) is 2.79. The Labute approximate surface area is 93.6 Å². The van der Waals surface area contributed by atoms with E-state index in [0.717, 1.165) is 6.42 Å². The second kappa shape index (κ2) is 9.97. The Morgan fingerprint density at radius 2 is 1.73 bits per heavy atom. The standard InChI is InChI=1S/C12H26N2O/c1-2-3-4-5-6-7-8-11(10-13)9-12(14)15/h11H,2-10,13H2,1H3,(H2,14,15). The molecule has 90 valence electrons. The van der Waals surface area contributed by atoms with Crippen LogP contribution < -0.4 is 11.5 Å². The van der Waals surface area contributed by atoms with Crippen molar-refractivity contribution in [1.82, 2.24) is 0 Å². The second-order valence-electron chi connectivity index (χ2n) is 4.33. The number of carbonyl (C=O) groups is 1. The topological polar surface area (TPSA) is 69.1 Å². The second-order valence-corrected chi connectivity index (χ2v) is 4.33. The first-order valence-electron chi connectivity index (χ1n) is 6.19. The molecular weight excluding hydrogens is 188 g/mol. The molecule has 3 heteroatoms. The van der Waals surface area contributed by atoms with Crippen molar-refractivity contribution in [2.75, 3.05) is 6.54 Å². The maximum Gasteiger partial charge on any atom is 0.217 e. The van der Waals surface area contributed by atoms with Crippen molar-refractivity contribution < 1.29 is 4.79 Å². The molecule has 15 heavy (non-hydrogen) atoms. The van der Waals surface area contributed by atoms with Crippen LogP contribution in [0.1, 0.15) is 58.3 Å². The molecular formula is C12H26N2O. The molecule has 0 aromatic rings. The minimum atomic E-state index is -0.226. The molecule has 0 aliphatic carbocycles. The van der Waals surface area contributed by atoms with Gasteiger partial charge in [0.2, 0.25) is 5.91 Å². The average Bonchev–Trinajstić information content (AvgIpc) is 2.20. The fraction of sp³-hybridized carbons (Fsp3) is 0.917. The van der Waals surface area contributed by atoms with Gasteiger partial charge in [-0.3, -0.25) is 4.79 Å². The molecule has 3 nitrogen and oxygen atoms in total. The fourth-order valence-electron chi connectivity index (χ4n) is 1.80. The molecule has 0 aromatic carbocycles. The van der Waals surface area contributed by atoms with Gasteiger partial charge in [0, 0.05) is 6.42 Å². The van der Waals surface area contributed by atoms with E-state index in [-0.39, 0.29) is 5.91 Å². The summed E-state index contributed by atoms with van der Waals surface area (Å²) >= 11 is 0. The molecule has 0 saturated heterocycles. The largest absolute Gasteiger partial charge is 0.370 e. The number of unbranched alkanes of at least 4 members (excludes halogenated alkanes) is 5. The maximum absolute atomic E-state index is 10.7. The molecule has 1 amide bonds. The van der Waals surface area contributed by atoms with Crippen molar-refractivity contribution in [2.45, 2.75) is 58.3 Å². The van der Waals surface area contributed by atoms with E-state index in [1.54, 1.807) is 0 Å². The number of nitrogens with two attached hydrogens (primary N) is 2. The molecule has 0 rings (SSSR count). The quantitative estimate of drug-likeness (QED) is 0.547. The highest BCUT2D eigenvalue weighted by molar-refractivity contribution is 5.73. The molecule has 0 saturated carbocycles. The van der Waals surface area contributed by atoms with E-state index in [9.17, 15) is 4.79 Å². The van der Waals surface area contributed by atoms with Crippen molar-refractivity contribution >= 4 is 5.91 Å². The molecule has 0 aromatic heterocycles. The molecule has 1 atom stereocenters. The normalized spacial score (nSPS) is 12.7. The number of rotatable bonds is 10. The van der Waals surface area contributed by atoms with Gasteiger partial charge in [0.05, 0.1) is 0 Å². The van der Waals surface area contributed by atoms with Gasteiger partial charge in [-0.15, -0.1) is 0 Å². The Hall–Kier alpha value is -0.570. The lowest BCUT2D eigenvalue weighted by Crippen LogP contribution is -2.22. The van der Waals surface area contributed by atoms with Crippen LogP contribution in [0.15, 0.2) is 0 Å². The summed E-state index contributed by atoms with van der Waals surface area (Å²) in [4.78, 5) is 10.7. The molecule has 0 aliphatic heterocycles. The van der Waals surface area contributed by atoms with Gasteiger partial charge >= 0.3 is 0 Å². The predicted molar refractivity (Wildman–Crippen MR) is 64.3 cm³/mol. The lowest BCUT2D eigenvalue weighted by molar-refractivity contribution is -0.118.